The van der Waals surface area contributed by atoms with Crippen LogP contribution in [0.15, 0.2) is 0 Å². The van der Waals surface area contributed by atoms with Gasteiger partial charge in [-0.05, 0) is 13.8 Å². The first kappa shape index (κ1) is 55.7. The summed E-state index contributed by atoms with van der Waals surface area (Å²) in [6.07, 6.45) is -14.8. The molecule has 0 aromatic heterocycles. The highest BCUT2D eigenvalue weighted by atomic mass is 35.5. The van der Waals surface area contributed by atoms with E-state index in [-0.39, 0.29) is 49.2 Å². The van der Waals surface area contributed by atoms with Crippen LogP contribution in [0.2, 0.25) is 0 Å². The van der Waals surface area contributed by atoms with Crippen LogP contribution in [0.25, 0.3) is 0 Å². The Morgan fingerprint density at radius 2 is 0.692 bits per heavy atom. The van der Waals surface area contributed by atoms with Gasteiger partial charge in [-0.3, -0.25) is 0 Å². The first-order valence-electron chi connectivity index (χ1n) is 16.1. The molecule has 4 aliphatic rings. The maximum absolute atomic E-state index is 9.48. The zero-order valence-electron chi connectivity index (χ0n) is 29.8. The summed E-state index contributed by atoms with van der Waals surface area (Å²) in [4.78, 5) is 0. The second-order valence-electron chi connectivity index (χ2n) is 12.4. The molecule has 52 heavy (non-hydrogen) atoms. The van der Waals surface area contributed by atoms with Gasteiger partial charge in [0.25, 0.3) is 0 Å². The number of hydrogen-bond donors (Lipinski definition) is 17. The largest absolute Gasteiger partial charge is 0.412 e. The molecule has 0 aromatic carbocycles. The van der Waals surface area contributed by atoms with Crippen LogP contribution < -0.4 is 11.5 Å². The van der Waals surface area contributed by atoms with Crippen molar-refractivity contribution in [2.24, 2.45) is 23.3 Å². The number of aliphatic hydroxyl groups excluding tert-OH is 15. The van der Waals surface area contributed by atoms with Crippen molar-refractivity contribution in [2.75, 3.05) is 33.5 Å². The highest BCUT2D eigenvalue weighted by Crippen LogP contribution is 2.26. The summed E-state index contributed by atoms with van der Waals surface area (Å²) in [5, 5.41) is 135. The lowest BCUT2D eigenvalue weighted by Crippen LogP contribution is -2.61. The molecule has 0 aromatic rings. The van der Waals surface area contributed by atoms with Crippen molar-refractivity contribution in [1.29, 1.82) is 0 Å². The van der Waals surface area contributed by atoms with Crippen molar-refractivity contribution >= 4 is 12.4 Å². The van der Waals surface area contributed by atoms with Gasteiger partial charge in [0.1, 0.15) is 61.0 Å². The van der Waals surface area contributed by atoms with E-state index < -0.39 is 117 Å². The topological polar surface area (TPSA) is 424 Å². The summed E-state index contributed by atoms with van der Waals surface area (Å²) < 4.78 is 19.9. The predicted molar refractivity (Wildman–Crippen MR) is 180 cm³/mol. The van der Waals surface area contributed by atoms with Gasteiger partial charge in [-0.2, -0.15) is 0 Å². The van der Waals surface area contributed by atoms with E-state index in [4.69, 9.17) is 66.2 Å². The molecule has 0 spiro atoms. The monoisotopic (exact) mass is 796 g/mol. The molecule has 4 fully saturated rings. The standard InChI is InChI=1S/C8H16O4.C7H15NO4.C7H14O5.C6H13NO5.CH4O.ClH.H2O/c1-4-5(2)12-6(3-9)8(11)7(4)10;1-3-5(8)7(11)6(10)4(2-9)12-3;1-3-5(9)6(10)4(2-8)12-7(3)11;7-3-5(10)4(9)2(1-8)12-6(3)11;1-2;;/h4-11H,3H2,1-2H3;3-7,9-11H,2,8H2,1H3;3-11H,2H2,1H3;2-6,8-11H,1,7H2;2H,1H3;1H;1H2/t4-,5?,6+,7+,8+;3?,4-,5+,6-,7-;3-,4-,5-,6-,7?;2-,3-,4-,5-,6?;;;/m0111.../s1. The van der Waals surface area contributed by atoms with Gasteiger partial charge in [-0.15, -0.1) is 12.4 Å². The van der Waals surface area contributed by atoms with Crippen LogP contribution in [0.4, 0.5) is 0 Å². The first-order valence-corrected chi connectivity index (χ1v) is 16.1. The Morgan fingerprint density at radius 1 is 0.404 bits per heavy atom. The Hall–Kier alpha value is -0.590. The van der Waals surface area contributed by atoms with E-state index in [2.05, 4.69) is 0 Å². The second-order valence-corrected chi connectivity index (χ2v) is 12.4. The predicted octanol–water partition coefficient (Wildman–Crippen LogP) is -9.06. The van der Waals surface area contributed by atoms with Crippen LogP contribution in [-0.4, -0.2) is 226 Å². The fourth-order valence-corrected chi connectivity index (χ4v) is 5.11. The fourth-order valence-electron chi connectivity index (χ4n) is 5.11. The molecule has 22 nitrogen and oxygen atoms in total. The molecule has 4 heterocycles. The van der Waals surface area contributed by atoms with E-state index >= 15 is 0 Å². The molecule has 0 aliphatic carbocycles. The highest BCUT2D eigenvalue weighted by Gasteiger charge is 2.43. The van der Waals surface area contributed by atoms with Gasteiger partial charge in [0.05, 0.1) is 62.9 Å². The molecule has 0 radical (unpaired) electrons. The van der Waals surface area contributed by atoms with E-state index in [0.717, 1.165) is 7.11 Å². The minimum atomic E-state index is -1.35. The van der Waals surface area contributed by atoms with Gasteiger partial charge < -0.3 is 112 Å². The van der Waals surface area contributed by atoms with E-state index in [0.29, 0.717) is 0 Å². The van der Waals surface area contributed by atoms with Gasteiger partial charge in [-0.25, -0.2) is 0 Å². The molecular weight excluding hydrogens is 732 g/mol. The summed E-state index contributed by atoms with van der Waals surface area (Å²) in [6.45, 7) is 5.44. The number of hydrogen-bond acceptors (Lipinski definition) is 21. The number of nitrogens with two attached hydrogens (primary N) is 2. The van der Waals surface area contributed by atoms with Gasteiger partial charge >= 0.3 is 0 Å². The summed E-state index contributed by atoms with van der Waals surface area (Å²) in [7, 11) is 1.00. The van der Waals surface area contributed by atoms with E-state index in [1.807, 2.05) is 13.8 Å². The first-order chi connectivity index (χ1) is 23.3. The van der Waals surface area contributed by atoms with Gasteiger partial charge in [0.15, 0.2) is 12.6 Å². The number of halogens is 1. The van der Waals surface area contributed by atoms with E-state index in [9.17, 15) is 40.9 Å². The average Bonchev–Trinajstić information content (AvgIpc) is 3.12. The maximum Gasteiger partial charge on any atom is 0.173 e. The zero-order valence-corrected chi connectivity index (χ0v) is 30.6. The van der Waals surface area contributed by atoms with Crippen LogP contribution in [0.5, 0.6) is 0 Å². The van der Waals surface area contributed by atoms with Crippen LogP contribution in [0, 0.1) is 11.8 Å². The molecule has 4 rings (SSSR count). The SMILES string of the molecule is CC1O[C@H](CO)[C@@H](O)[C@H](O)[C@H]1C.CC1O[C@H](CO)[C@@H](O)[C@H](O)[C@H]1N.CO.C[C@H]1C(O)O[C@H](CO)[C@@H](O)[C@@H]1O.Cl.N[C@H]1C(O)O[C@H](CO)[C@@H](O)[C@@H]1O.O. The average molecular weight is 797 g/mol. The van der Waals surface area contributed by atoms with E-state index in [1.165, 1.54) is 0 Å². The molecule has 4 unspecified atom stereocenters. The number of ether oxygens (including phenoxy) is 4. The quantitative estimate of drug-likeness (QED) is 0.126. The Bertz CT molecular complexity index is 740. The Morgan fingerprint density at radius 3 is 1.08 bits per heavy atom. The highest BCUT2D eigenvalue weighted by molar-refractivity contribution is 5.85. The number of rotatable bonds is 4. The van der Waals surface area contributed by atoms with Crippen molar-refractivity contribution in [1.82, 2.24) is 0 Å². The molecule has 4 saturated heterocycles. The lowest BCUT2D eigenvalue weighted by molar-refractivity contribution is -0.266. The normalized spacial score (nSPS) is 45.6. The van der Waals surface area contributed by atoms with Crippen molar-refractivity contribution < 1.29 is 101 Å². The smallest absolute Gasteiger partial charge is 0.173 e. The molecule has 0 saturated carbocycles. The van der Waals surface area contributed by atoms with Crippen LogP contribution in [0.1, 0.15) is 27.7 Å². The lowest BCUT2D eigenvalue weighted by atomic mass is 9.89. The van der Waals surface area contributed by atoms with Crippen LogP contribution >= 0.6 is 12.4 Å². The van der Waals surface area contributed by atoms with Gasteiger partial charge in [-0.1, -0.05) is 13.8 Å². The third-order valence-corrected chi connectivity index (χ3v) is 8.98. The Labute approximate surface area is 308 Å². The minimum absolute atomic E-state index is 0. The molecule has 20 atom stereocenters. The molecule has 23 heteroatoms. The van der Waals surface area contributed by atoms with Crippen LogP contribution in [-0.2, 0) is 18.9 Å². The summed E-state index contributed by atoms with van der Waals surface area (Å²) in [6, 6.07) is -1.63. The zero-order chi connectivity index (χ0) is 39.2. The molecule has 4 aliphatic heterocycles. The Balaban J connectivity index is -0.000000598. The van der Waals surface area contributed by atoms with E-state index in [1.54, 1.807) is 13.8 Å². The maximum atomic E-state index is 9.48. The molecular formula is C29H65ClN2O20. The summed E-state index contributed by atoms with van der Waals surface area (Å²) in [5.41, 5.74) is 10.8. The third-order valence-electron chi connectivity index (χ3n) is 8.98. The summed E-state index contributed by atoms with van der Waals surface area (Å²) >= 11 is 0. The van der Waals surface area contributed by atoms with Gasteiger partial charge in [0, 0.05) is 18.9 Å². The molecule has 0 amide bonds. The number of aliphatic hydroxyl groups is 15. The van der Waals surface area contributed by atoms with Crippen molar-refractivity contribution in [3.63, 3.8) is 0 Å². The molecule has 318 valence electrons. The minimum Gasteiger partial charge on any atom is -0.412 e. The van der Waals surface area contributed by atoms with Crippen molar-refractivity contribution in [3.8, 4) is 0 Å². The molecule has 21 N–H and O–H groups in total. The third kappa shape index (κ3) is 15.2. The fraction of sp³-hybridized carbons (Fsp3) is 1.00. The second kappa shape index (κ2) is 27.1. The summed E-state index contributed by atoms with van der Waals surface area (Å²) in [5.74, 6) is -0.634. The van der Waals surface area contributed by atoms with Crippen molar-refractivity contribution in [3.05, 3.63) is 0 Å². The lowest BCUT2D eigenvalue weighted by Gasteiger charge is -2.39. The van der Waals surface area contributed by atoms with Gasteiger partial charge in [0.2, 0.25) is 0 Å². The van der Waals surface area contributed by atoms with Crippen LogP contribution in [0.3, 0.4) is 0 Å². The molecule has 0 bridgehead atoms. The Kier molecular flexibility index (Phi) is 29.0. The van der Waals surface area contributed by atoms with Crippen molar-refractivity contribution in [2.45, 2.75) is 138 Å².